The van der Waals surface area contributed by atoms with Crippen molar-refractivity contribution in [2.75, 3.05) is 5.32 Å². The summed E-state index contributed by atoms with van der Waals surface area (Å²) in [5, 5.41) is 4.36. The van der Waals surface area contributed by atoms with Crippen molar-refractivity contribution in [3.63, 3.8) is 0 Å². The van der Waals surface area contributed by atoms with Crippen molar-refractivity contribution >= 4 is 65.3 Å². The zero-order valence-electron chi connectivity index (χ0n) is 21.4. The highest BCUT2D eigenvalue weighted by Crippen LogP contribution is 2.11. The van der Waals surface area contributed by atoms with Crippen LogP contribution in [0.15, 0.2) is 73.3 Å². The number of halogens is 4. The second kappa shape index (κ2) is 24.3. The molecule has 2 aromatic carbocycles. The second-order valence-corrected chi connectivity index (χ2v) is 8.25. The van der Waals surface area contributed by atoms with Gasteiger partial charge in [0.1, 0.15) is 33.9 Å². The topological polar surface area (TPSA) is 158 Å². The van der Waals surface area contributed by atoms with Crippen LogP contribution in [0.4, 0.5) is 5.82 Å². The third-order valence-electron chi connectivity index (χ3n) is 4.18. The van der Waals surface area contributed by atoms with Crippen LogP contribution in [0.5, 0.6) is 0 Å². The minimum Gasteiger partial charge on any atom is -0.366 e. The number of nitrogens with one attached hydrogen (secondary N) is 1. The van der Waals surface area contributed by atoms with E-state index in [9.17, 15) is 0 Å². The molecule has 0 aliphatic carbocycles. The van der Waals surface area contributed by atoms with E-state index in [1.165, 1.54) is 41.0 Å². The van der Waals surface area contributed by atoms with Gasteiger partial charge in [0, 0.05) is 25.2 Å². The predicted molar refractivity (Wildman–Crippen MR) is 154 cm³/mol. The van der Waals surface area contributed by atoms with Crippen LogP contribution in [0.3, 0.4) is 0 Å². The molecular weight excluding hydrogens is 602 g/mol. The molecule has 0 saturated carbocycles. The molecule has 4 aromatic rings. The van der Waals surface area contributed by atoms with E-state index >= 15 is 0 Å². The van der Waals surface area contributed by atoms with Gasteiger partial charge in [-0.3, -0.25) is 0 Å². The molecule has 0 bridgehead atoms. The molecule has 0 unspecified atom stereocenters. The highest BCUT2D eigenvalue weighted by atomic mass is 35.5. The Morgan fingerprint density at radius 3 is 1.40 bits per heavy atom. The lowest BCUT2D eigenvalue weighted by atomic mass is 10.1. The van der Waals surface area contributed by atoms with Crippen molar-refractivity contribution in [2.24, 2.45) is 5.73 Å². The van der Waals surface area contributed by atoms with Crippen LogP contribution < -0.4 is 11.1 Å². The van der Waals surface area contributed by atoms with Crippen molar-refractivity contribution in [1.29, 1.82) is 0 Å². The van der Waals surface area contributed by atoms with Crippen molar-refractivity contribution in [3.05, 3.63) is 111 Å². The van der Waals surface area contributed by atoms with Gasteiger partial charge in [0.15, 0.2) is 0 Å². The van der Waals surface area contributed by atoms with Crippen molar-refractivity contribution in [1.82, 2.24) is 19.9 Å². The SMILES string of the molecule is Cc1ccc(CN)cc1.Cc1ccc(CNc2cc(Cl)ncn2)cc1.Cl.Clc1cc(Cl)ncn1.O=C=O.O=C=O. The van der Waals surface area contributed by atoms with Crippen molar-refractivity contribution in [3.8, 4) is 0 Å². The maximum atomic E-state index is 8.12. The molecular formula is C26H26Cl4N6O4. The van der Waals surface area contributed by atoms with E-state index in [4.69, 9.17) is 59.7 Å². The third kappa shape index (κ3) is 20.3. The van der Waals surface area contributed by atoms with E-state index < -0.39 is 0 Å². The number of hydrogen-bond acceptors (Lipinski definition) is 10. The fourth-order valence-electron chi connectivity index (χ4n) is 2.36. The van der Waals surface area contributed by atoms with Crippen LogP contribution in [0.25, 0.3) is 0 Å². The summed E-state index contributed by atoms with van der Waals surface area (Å²) in [5.74, 6) is 0.737. The van der Waals surface area contributed by atoms with Crippen LogP contribution in [0, 0.1) is 13.8 Å². The molecule has 14 heteroatoms. The van der Waals surface area contributed by atoms with Gasteiger partial charge in [-0.1, -0.05) is 94.5 Å². The largest absolute Gasteiger partial charge is 0.373 e. The van der Waals surface area contributed by atoms with Gasteiger partial charge < -0.3 is 11.1 Å². The van der Waals surface area contributed by atoms with Crippen LogP contribution in [-0.4, -0.2) is 32.2 Å². The van der Waals surface area contributed by atoms with E-state index in [1.807, 2.05) is 0 Å². The van der Waals surface area contributed by atoms with E-state index in [1.54, 1.807) is 6.07 Å². The molecule has 0 atom stereocenters. The monoisotopic (exact) mass is 626 g/mol. The number of aromatic nitrogens is 4. The molecule has 10 nitrogen and oxygen atoms in total. The number of nitrogens with two attached hydrogens (primary N) is 1. The van der Waals surface area contributed by atoms with Gasteiger partial charge in [-0.15, -0.1) is 12.4 Å². The first-order chi connectivity index (χ1) is 18.7. The number of hydrogen-bond donors (Lipinski definition) is 2. The lowest BCUT2D eigenvalue weighted by molar-refractivity contribution is -0.193. The summed E-state index contributed by atoms with van der Waals surface area (Å²) < 4.78 is 0. The van der Waals surface area contributed by atoms with Crippen LogP contribution in [0.2, 0.25) is 15.5 Å². The Morgan fingerprint density at radius 2 is 1.05 bits per heavy atom. The van der Waals surface area contributed by atoms with Crippen LogP contribution in [0.1, 0.15) is 22.3 Å². The first-order valence-electron chi connectivity index (χ1n) is 10.8. The van der Waals surface area contributed by atoms with E-state index in [-0.39, 0.29) is 24.7 Å². The van der Waals surface area contributed by atoms with Gasteiger partial charge in [0.2, 0.25) is 0 Å². The Kier molecular flexibility index (Phi) is 23.4. The summed E-state index contributed by atoms with van der Waals surface area (Å²) in [6.45, 7) is 5.51. The first-order valence-corrected chi connectivity index (χ1v) is 12.0. The minimum absolute atomic E-state index is 0. The molecule has 40 heavy (non-hydrogen) atoms. The maximum absolute atomic E-state index is 8.12. The number of aryl methyl sites for hydroxylation is 2. The summed E-state index contributed by atoms with van der Waals surface area (Å²) in [5.41, 5.74) is 10.3. The summed E-state index contributed by atoms with van der Waals surface area (Å²) in [4.78, 5) is 47.6. The molecule has 0 amide bonds. The lowest BCUT2D eigenvalue weighted by Gasteiger charge is -2.05. The molecule has 0 fully saturated rings. The second-order valence-electron chi connectivity index (χ2n) is 7.08. The molecule has 212 valence electrons. The molecule has 2 aromatic heterocycles. The lowest BCUT2D eigenvalue weighted by Crippen LogP contribution is -2.01. The Hall–Kier alpha value is -3.72. The zero-order valence-corrected chi connectivity index (χ0v) is 24.5. The van der Waals surface area contributed by atoms with E-state index in [0.717, 1.165) is 12.4 Å². The molecule has 4 rings (SSSR count). The fourth-order valence-corrected chi connectivity index (χ4v) is 2.86. The van der Waals surface area contributed by atoms with Crippen molar-refractivity contribution in [2.45, 2.75) is 26.9 Å². The van der Waals surface area contributed by atoms with Crippen LogP contribution in [-0.2, 0) is 32.3 Å². The molecule has 0 radical (unpaired) electrons. The number of nitrogens with zero attached hydrogens (tertiary/aromatic N) is 4. The van der Waals surface area contributed by atoms with Gasteiger partial charge in [0.25, 0.3) is 0 Å². The van der Waals surface area contributed by atoms with Crippen molar-refractivity contribution < 1.29 is 19.2 Å². The minimum atomic E-state index is 0. The molecule has 0 saturated heterocycles. The Balaban J connectivity index is 0. The highest BCUT2D eigenvalue weighted by molar-refractivity contribution is 6.33. The molecule has 2 heterocycles. The standard InChI is InChI=1S/C12H12ClN3.C8H11N.C4H2Cl2N2.2CO2.ClH/c1-9-2-4-10(5-3-9)7-14-12-6-11(13)15-8-16-12;1-7-2-4-8(6-9)5-3-7;5-3-1-4(6)8-2-7-3;2*2-1-3;/h2-6,8H,7H2,1H3,(H,14,15,16);2-5H,6,9H2,1H3;1-2H;;;1H. The maximum Gasteiger partial charge on any atom is 0.373 e. The summed E-state index contributed by atoms with van der Waals surface area (Å²) in [6.07, 6.45) is 3.25. The molecule has 3 N–H and O–H groups in total. The predicted octanol–water partition coefficient (Wildman–Crippen LogP) is 5.54. The average Bonchev–Trinajstić information content (AvgIpc) is 2.90. The number of benzene rings is 2. The third-order valence-corrected chi connectivity index (χ3v) is 4.80. The Labute approximate surface area is 252 Å². The molecule has 0 aliphatic rings. The van der Waals surface area contributed by atoms with Crippen LogP contribution >= 0.6 is 47.2 Å². The highest BCUT2D eigenvalue weighted by Gasteiger charge is 1.96. The average molecular weight is 628 g/mol. The number of rotatable bonds is 4. The molecule has 0 spiro atoms. The van der Waals surface area contributed by atoms with Gasteiger partial charge in [-0.25, -0.2) is 19.9 Å². The van der Waals surface area contributed by atoms with E-state index in [2.05, 4.69) is 87.6 Å². The van der Waals surface area contributed by atoms with Gasteiger partial charge in [0.05, 0.1) is 0 Å². The number of anilines is 1. The summed E-state index contributed by atoms with van der Waals surface area (Å²) in [7, 11) is 0. The smallest absolute Gasteiger partial charge is 0.366 e. The summed E-state index contributed by atoms with van der Waals surface area (Å²) in [6, 6.07) is 19.8. The zero-order chi connectivity index (χ0) is 29.5. The number of carbonyl (C=O) groups excluding carboxylic acids is 4. The van der Waals surface area contributed by atoms with Gasteiger partial charge in [-0.05, 0) is 25.0 Å². The molecule has 0 aliphatic heterocycles. The Morgan fingerprint density at radius 1 is 0.675 bits per heavy atom. The van der Waals surface area contributed by atoms with E-state index in [0.29, 0.717) is 22.0 Å². The Bertz CT molecular complexity index is 1270. The van der Waals surface area contributed by atoms with Gasteiger partial charge in [-0.2, -0.15) is 19.2 Å². The normalized spacial score (nSPS) is 8.45. The summed E-state index contributed by atoms with van der Waals surface area (Å²) >= 11 is 16.6. The fraction of sp³-hybridized carbons (Fsp3) is 0.154. The first kappa shape index (κ1) is 38.4. The quantitative estimate of drug-likeness (QED) is 0.275. The van der Waals surface area contributed by atoms with Gasteiger partial charge >= 0.3 is 12.3 Å².